The number of piperazine rings is 1. The van der Waals surface area contributed by atoms with E-state index in [-0.39, 0.29) is 12.3 Å². The Labute approximate surface area is 208 Å². The maximum atomic E-state index is 12.6. The number of rotatable bonds is 10. The van der Waals surface area contributed by atoms with Crippen LogP contribution in [0, 0.1) is 5.92 Å². The predicted molar refractivity (Wildman–Crippen MR) is 140 cm³/mol. The van der Waals surface area contributed by atoms with Crippen molar-refractivity contribution in [2.24, 2.45) is 5.92 Å². The number of Topliss-reactive ketones (excluding diaryl/α,β-unsaturated/α-hetero) is 1. The molecule has 3 aromatic rings. The molecule has 7 heteroatoms. The van der Waals surface area contributed by atoms with Crippen LogP contribution in [0.2, 0.25) is 0 Å². The normalized spacial score (nSPS) is 15.0. The average Bonchev–Trinajstić information content (AvgIpc) is 3.27. The third-order valence-corrected chi connectivity index (χ3v) is 6.49. The maximum absolute atomic E-state index is 12.6. The minimum Gasteiger partial charge on any atom is -0.497 e. The van der Waals surface area contributed by atoms with Crippen LogP contribution in [-0.4, -0.2) is 77.2 Å². The molecule has 1 aromatic heterocycles. The van der Waals surface area contributed by atoms with Gasteiger partial charge >= 0.3 is 0 Å². The summed E-state index contributed by atoms with van der Waals surface area (Å²) in [6, 6.07) is 16.2. The first kappa shape index (κ1) is 25.1. The molecule has 4 rings (SSSR count). The van der Waals surface area contributed by atoms with E-state index in [1.165, 1.54) is 5.56 Å². The molecule has 1 aliphatic heterocycles. The second-order valence-electron chi connectivity index (χ2n) is 9.88. The molecule has 35 heavy (non-hydrogen) atoms. The first-order valence-corrected chi connectivity index (χ1v) is 12.5. The van der Waals surface area contributed by atoms with Gasteiger partial charge in [0.25, 0.3) is 0 Å². The van der Waals surface area contributed by atoms with E-state index in [0.29, 0.717) is 24.0 Å². The highest BCUT2D eigenvalue weighted by atomic mass is 16.5. The summed E-state index contributed by atoms with van der Waals surface area (Å²) in [5, 5.41) is 4.75. The monoisotopic (exact) mass is 475 g/mol. The lowest BCUT2D eigenvalue weighted by Crippen LogP contribution is -2.45. The number of methoxy groups -OCH3 is 1. The van der Waals surface area contributed by atoms with Crippen LogP contribution in [0.3, 0.4) is 0 Å². The Kier molecular flexibility index (Phi) is 8.31. The van der Waals surface area contributed by atoms with Gasteiger partial charge in [0.15, 0.2) is 17.4 Å². The molecule has 2 heterocycles. The van der Waals surface area contributed by atoms with Crippen molar-refractivity contribution in [2.75, 3.05) is 46.9 Å². The fourth-order valence-corrected chi connectivity index (χ4v) is 4.42. The fraction of sp³-hybridized carbons (Fsp3) is 0.464. The zero-order valence-corrected chi connectivity index (χ0v) is 21.4. The Morgan fingerprint density at radius 3 is 2.46 bits per heavy atom. The number of nitrogens with zero attached hydrogens (tertiary/aromatic N) is 5. The molecule has 7 nitrogen and oxygen atoms in total. The molecule has 0 bridgehead atoms. The zero-order valence-electron chi connectivity index (χ0n) is 21.4. The van der Waals surface area contributed by atoms with E-state index in [2.05, 4.69) is 55.0 Å². The van der Waals surface area contributed by atoms with Crippen LogP contribution >= 0.6 is 0 Å². The van der Waals surface area contributed by atoms with Gasteiger partial charge in [0.2, 0.25) is 0 Å². The second-order valence-corrected chi connectivity index (χ2v) is 9.88. The fourth-order valence-electron chi connectivity index (χ4n) is 4.42. The highest BCUT2D eigenvalue weighted by Crippen LogP contribution is 2.26. The summed E-state index contributed by atoms with van der Waals surface area (Å²) in [4.78, 5) is 22.4. The van der Waals surface area contributed by atoms with Crippen LogP contribution in [0.5, 0.6) is 5.75 Å². The maximum Gasteiger partial charge on any atom is 0.181 e. The molecular weight excluding hydrogens is 438 g/mol. The van der Waals surface area contributed by atoms with Crippen molar-refractivity contribution in [1.29, 1.82) is 0 Å². The molecule has 2 aromatic carbocycles. The number of ketones is 1. The minimum absolute atomic E-state index is 0.153. The second kappa shape index (κ2) is 11.6. The van der Waals surface area contributed by atoms with Crippen molar-refractivity contribution >= 4 is 5.78 Å². The number of hydrogen-bond donors (Lipinski definition) is 0. The van der Waals surface area contributed by atoms with E-state index in [9.17, 15) is 4.79 Å². The predicted octanol–water partition coefficient (Wildman–Crippen LogP) is 4.03. The van der Waals surface area contributed by atoms with Crippen LogP contribution in [0.1, 0.15) is 25.8 Å². The Balaban J connectivity index is 1.52. The van der Waals surface area contributed by atoms with Crippen LogP contribution < -0.4 is 4.74 Å². The molecule has 0 radical (unpaired) electrons. The number of carbonyl (C=O) groups excluding carboxylic acids is 1. The Morgan fingerprint density at radius 1 is 1.03 bits per heavy atom. The van der Waals surface area contributed by atoms with Gasteiger partial charge in [-0.2, -0.15) is 0 Å². The van der Waals surface area contributed by atoms with Crippen LogP contribution in [0.4, 0.5) is 0 Å². The van der Waals surface area contributed by atoms with Crippen molar-refractivity contribution in [3.63, 3.8) is 0 Å². The highest BCUT2D eigenvalue weighted by molar-refractivity contribution is 5.79. The summed E-state index contributed by atoms with van der Waals surface area (Å²) in [5.74, 6) is 2.52. The van der Waals surface area contributed by atoms with Crippen molar-refractivity contribution in [1.82, 2.24) is 24.6 Å². The van der Waals surface area contributed by atoms with E-state index in [4.69, 9.17) is 14.8 Å². The molecule has 0 aliphatic carbocycles. The lowest BCUT2D eigenvalue weighted by molar-refractivity contribution is -0.120. The van der Waals surface area contributed by atoms with Crippen LogP contribution in [0.15, 0.2) is 48.5 Å². The van der Waals surface area contributed by atoms with Gasteiger partial charge in [-0.05, 0) is 37.1 Å². The average molecular weight is 476 g/mol. The van der Waals surface area contributed by atoms with E-state index in [1.807, 2.05) is 24.3 Å². The summed E-state index contributed by atoms with van der Waals surface area (Å²) in [6.45, 7) is 9.96. The molecule has 0 N–H and O–H groups in total. The number of hydrogen-bond acceptors (Lipinski definition) is 6. The molecule has 186 valence electrons. The Bertz CT molecular complexity index is 1110. The molecule has 0 unspecified atom stereocenters. The third-order valence-electron chi connectivity index (χ3n) is 6.49. The summed E-state index contributed by atoms with van der Waals surface area (Å²) >= 11 is 0. The highest BCUT2D eigenvalue weighted by Gasteiger charge is 2.18. The van der Waals surface area contributed by atoms with Gasteiger partial charge in [-0.25, -0.2) is 9.67 Å². The van der Waals surface area contributed by atoms with Gasteiger partial charge in [-0.15, -0.1) is 5.10 Å². The SMILES string of the molecule is COc1cccc(-c2nc(-c3ccc(CCN4CCN(C)CC4)cc3)nn2CC(=O)CC(C)C)c1. The van der Waals surface area contributed by atoms with E-state index in [0.717, 1.165) is 56.0 Å². The summed E-state index contributed by atoms with van der Waals surface area (Å²) in [5.41, 5.74) is 3.14. The van der Waals surface area contributed by atoms with E-state index >= 15 is 0 Å². The van der Waals surface area contributed by atoms with Gasteiger partial charge < -0.3 is 14.5 Å². The minimum atomic E-state index is 0.153. The molecule has 0 atom stereocenters. The molecule has 0 saturated carbocycles. The number of carbonyl (C=O) groups is 1. The largest absolute Gasteiger partial charge is 0.497 e. The topological polar surface area (TPSA) is 63.5 Å². The standard InChI is InChI=1S/C28H37N5O2/c1-21(2)18-25(34)20-33-28(24-6-5-7-26(19-24)35-4)29-27(30-33)23-10-8-22(9-11-23)12-13-32-16-14-31(3)15-17-32/h5-11,19,21H,12-18,20H2,1-4H3. The van der Waals surface area contributed by atoms with Crippen molar-refractivity contribution < 1.29 is 9.53 Å². The first-order valence-electron chi connectivity index (χ1n) is 12.5. The lowest BCUT2D eigenvalue weighted by Gasteiger charge is -2.32. The quantitative estimate of drug-likeness (QED) is 0.441. The Morgan fingerprint density at radius 2 is 1.77 bits per heavy atom. The summed E-state index contributed by atoms with van der Waals surface area (Å²) < 4.78 is 7.13. The lowest BCUT2D eigenvalue weighted by atomic mass is 10.1. The Hall–Kier alpha value is -3.03. The zero-order chi connectivity index (χ0) is 24.8. The third kappa shape index (κ3) is 6.77. The van der Waals surface area contributed by atoms with E-state index in [1.54, 1.807) is 11.8 Å². The van der Waals surface area contributed by atoms with Crippen molar-refractivity contribution in [2.45, 2.75) is 33.2 Å². The molecule has 1 saturated heterocycles. The number of ether oxygens (including phenoxy) is 1. The summed E-state index contributed by atoms with van der Waals surface area (Å²) in [6.07, 6.45) is 1.55. The van der Waals surface area contributed by atoms with Crippen LogP contribution in [-0.2, 0) is 17.8 Å². The number of aromatic nitrogens is 3. The smallest absolute Gasteiger partial charge is 0.181 e. The summed E-state index contributed by atoms with van der Waals surface area (Å²) in [7, 11) is 3.83. The molecule has 1 fully saturated rings. The van der Waals surface area contributed by atoms with Gasteiger partial charge in [0, 0.05) is 50.3 Å². The van der Waals surface area contributed by atoms with Crippen molar-refractivity contribution in [3.05, 3.63) is 54.1 Å². The van der Waals surface area contributed by atoms with Gasteiger partial charge in [-0.1, -0.05) is 50.2 Å². The molecule has 0 spiro atoms. The molecule has 1 aliphatic rings. The first-order chi connectivity index (χ1) is 16.9. The molecular formula is C28H37N5O2. The van der Waals surface area contributed by atoms with Crippen molar-refractivity contribution in [3.8, 4) is 28.5 Å². The number of benzene rings is 2. The van der Waals surface area contributed by atoms with Gasteiger partial charge in [-0.3, -0.25) is 4.79 Å². The van der Waals surface area contributed by atoms with E-state index < -0.39 is 0 Å². The van der Waals surface area contributed by atoms with Gasteiger partial charge in [0.05, 0.1) is 7.11 Å². The molecule has 0 amide bonds. The number of likely N-dealkylation sites (N-methyl/N-ethyl adjacent to an activating group) is 1. The van der Waals surface area contributed by atoms with Crippen LogP contribution in [0.25, 0.3) is 22.8 Å². The van der Waals surface area contributed by atoms with Gasteiger partial charge in [0.1, 0.15) is 12.3 Å².